The third-order valence-electron chi connectivity index (χ3n) is 6.28. The molecule has 6 nitrogen and oxygen atoms in total. The average molecular weight is 527 g/mol. The molecule has 30 heavy (non-hydrogen) atoms. The van der Waals surface area contributed by atoms with E-state index in [0.717, 1.165) is 44.0 Å². The maximum Gasteiger partial charge on any atom is 0.193 e. The van der Waals surface area contributed by atoms with E-state index < -0.39 is 0 Å². The Bertz CT molecular complexity index is 847. The molecule has 1 aliphatic carbocycles. The van der Waals surface area contributed by atoms with Gasteiger partial charge in [-0.2, -0.15) is 5.10 Å². The monoisotopic (exact) mass is 527 g/mol. The first kappa shape index (κ1) is 23.0. The van der Waals surface area contributed by atoms with Crippen molar-refractivity contribution >= 4 is 29.9 Å². The van der Waals surface area contributed by atoms with Crippen molar-refractivity contribution in [1.82, 2.24) is 20.0 Å². The summed E-state index contributed by atoms with van der Waals surface area (Å²) in [6.07, 6.45) is 8.51. The number of rotatable bonds is 4. The highest BCUT2D eigenvalue weighted by atomic mass is 127. The molecule has 1 N–H and O–H groups in total. The van der Waals surface area contributed by atoms with E-state index in [1.165, 1.54) is 18.4 Å². The number of hydrogen-bond acceptors (Lipinski definition) is 3. The van der Waals surface area contributed by atoms with Crippen LogP contribution in [0.1, 0.15) is 42.9 Å². The summed E-state index contributed by atoms with van der Waals surface area (Å²) < 4.78 is 21.2. The number of aliphatic imine (C=N–C) groups is 1. The summed E-state index contributed by atoms with van der Waals surface area (Å²) >= 11 is 0. The predicted molar refractivity (Wildman–Crippen MR) is 127 cm³/mol. The second kappa shape index (κ2) is 10.1. The SMILES string of the molecule is CN=C(NCC1(c2ccc(F)cc2)CCCC1)N1CCOC(c2cnn(C)c2)C1.I. The van der Waals surface area contributed by atoms with Crippen molar-refractivity contribution in [3.05, 3.63) is 53.6 Å². The Morgan fingerprint density at radius 2 is 2.03 bits per heavy atom. The van der Waals surface area contributed by atoms with E-state index in [2.05, 4.69) is 20.3 Å². The Morgan fingerprint density at radius 1 is 1.30 bits per heavy atom. The van der Waals surface area contributed by atoms with Gasteiger partial charge in [0.05, 0.1) is 19.3 Å². The molecule has 1 unspecified atom stereocenters. The number of nitrogens with zero attached hydrogens (tertiary/aromatic N) is 4. The van der Waals surface area contributed by atoms with Gasteiger partial charge in [0, 0.05) is 44.4 Å². The molecular formula is C22H31FIN5O. The Morgan fingerprint density at radius 3 is 2.67 bits per heavy atom. The van der Waals surface area contributed by atoms with E-state index in [-0.39, 0.29) is 41.3 Å². The first-order chi connectivity index (χ1) is 14.1. The summed E-state index contributed by atoms with van der Waals surface area (Å²) in [6.45, 7) is 3.01. The minimum Gasteiger partial charge on any atom is -0.370 e. The van der Waals surface area contributed by atoms with E-state index in [1.54, 1.807) is 16.8 Å². The highest BCUT2D eigenvalue weighted by Gasteiger charge is 2.36. The zero-order chi connectivity index (χ0) is 20.3. The van der Waals surface area contributed by atoms with Gasteiger partial charge in [-0.1, -0.05) is 25.0 Å². The molecule has 2 aromatic rings. The van der Waals surface area contributed by atoms with Gasteiger partial charge < -0.3 is 15.0 Å². The van der Waals surface area contributed by atoms with Gasteiger partial charge in [0.1, 0.15) is 11.9 Å². The molecule has 1 saturated carbocycles. The van der Waals surface area contributed by atoms with Crippen LogP contribution < -0.4 is 5.32 Å². The summed E-state index contributed by atoms with van der Waals surface area (Å²) in [6, 6.07) is 7.03. The minimum atomic E-state index is -0.180. The summed E-state index contributed by atoms with van der Waals surface area (Å²) in [7, 11) is 3.75. The largest absolute Gasteiger partial charge is 0.370 e. The molecule has 4 rings (SSSR count). The van der Waals surface area contributed by atoms with Gasteiger partial charge in [0.25, 0.3) is 0 Å². The smallest absolute Gasteiger partial charge is 0.193 e. The van der Waals surface area contributed by atoms with Crippen molar-refractivity contribution in [1.29, 1.82) is 0 Å². The Labute approximate surface area is 194 Å². The van der Waals surface area contributed by atoms with Crippen molar-refractivity contribution in [2.45, 2.75) is 37.2 Å². The molecule has 1 atom stereocenters. The zero-order valence-electron chi connectivity index (χ0n) is 17.7. The van der Waals surface area contributed by atoms with Crippen LogP contribution in [0.25, 0.3) is 0 Å². The number of aromatic nitrogens is 2. The normalized spacial score (nSPS) is 21.4. The lowest BCUT2D eigenvalue weighted by Gasteiger charge is -2.37. The molecule has 164 valence electrons. The fourth-order valence-corrected chi connectivity index (χ4v) is 4.65. The van der Waals surface area contributed by atoms with Gasteiger partial charge >= 0.3 is 0 Å². The van der Waals surface area contributed by atoms with E-state index in [1.807, 2.05) is 38.6 Å². The fourth-order valence-electron chi connectivity index (χ4n) is 4.65. The molecule has 1 aliphatic heterocycles. The van der Waals surface area contributed by atoms with Crippen molar-refractivity contribution in [2.24, 2.45) is 12.0 Å². The number of morpholine rings is 1. The first-order valence-electron chi connectivity index (χ1n) is 10.4. The van der Waals surface area contributed by atoms with Crippen LogP contribution in [0.2, 0.25) is 0 Å². The lowest BCUT2D eigenvalue weighted by Crippen LogP contribution is -2.51. The maximum absolute atomic E-state index is 13.4. The second-order valence-corrected chi connectivity index (χ2v) is 8.15. The number of nitrogens with one attached hydrogen (secondary N) is 1. The topological polar surface area (TPSA) is 54.7 Å². The van der Waals surface area contributed by atoms with Crippen molar-refractivity contribution in [2.75, 3.05) is 33.3 Å². The molecule has 0 spiro atoms. The zero-order valence-corrected chi connectivity index (χ0v) is 20.0. The summed E-state index contributed by atoms with van der Waals surface area (Å²) in [5.74, 6) is 0.719. The highest BCUT2D eigenvalue weighted by molar-refractivity contribution is 14.0. The van der Waals surface area contributed by atoms with Crippen LogP contribution in [-0.4, -0.2) is 53.9 Å². The van der Waals surface area contributed by atoms with E-state index in [9.17, 15) is 4.39 Å². The molecule has 1 aromatic carbocycles. The van der Waals surface area contributed by atoms with Gasteiger partial charge in [0.2, 0.25) is 0 Å². The van der Waals surface area contributed by atoms with Gasteiger partial charge in [-0.05, 0) is 30.5 Å². The highest BCUT2D eigenvalue weighted by Crippen LogP contribution is 2.40. The third kappa shape index (κ3) is 4.96. The Kier molecular flexibility index (Phi) is 7.73. The number of hydrogen-bond donors (Lipinski definition) is 1. The number of guanidine groups is 1. The fraction of sp³-hybridized carbons (Fsp3) is 0.545. The lowest BCUT2D eigenvalue weighted by molar-refractivity contribution is -0.00811. The van der Waals surface area contributed by atoms with Crippen molar-refractivity contribution in [3.8, 4) is 0 Å². The number of ether oxygens (including phenoxy) is 1. The standard InChI is InChI=1S/C22H30FN5O.HI/c1-24-21(28-11-12-29-20(15-28)17-13-26-27(2)14-17)25-16-22(9-3-4-10-22)18-5-7-19(23)8-6-18;/h5-8,13-14,20H,3-4,9-12,15-16H2,1-2H3,(H,24,25);1H. The van der Waals surface area contributed by atoms with Crippen LogP contribution in [0, 0.1) is 5.82 Å². The van der Waals surface area contributed by atoms with Crippen molar-refractivity contribution in [3.63, 3.8) is 0 Å². The summed E-state index contributed by atoms with van der Waals surface area (Å²) in [5.41, 5.74) is 2.35. The van der Waals surface area contributed by atoms with Crippen LogP contribution in [0.4, 0.5) is 4.39 Å². The maximum atomic E-state index is 13.4. The number of benzene rings is 1. The Balaban J connectivity index is 0.00000256. The quantitative estimate of drug-likeness (QED) is 0.375. The van der Waals surface area contributed by atoms with Crippen LogP contribution in [0.15, 0.2) is 41.7 Å². The number of aryl methyl sites for hydroxylation is 1. The second-order valence-electron chi connectivity index (χ2n) is 8.15. The first-order valence-corrected chi connectivity index (χ1v) is 10.4. The molecule has 2 heterocycles. The van der Waals surface area contributed by atoms with Crippen LogP contribution >= 0.6 is 24.0 Å². The minimum absolute atomic E-state index is 0. The molecule has 0 bridgehead atoms. The van der Waals surface area contributed by atoms with E-state index in [0.29, 0.717) is 6.61 Å². The molecule has 0 radical (unpaired) electrons. The van der Waals surface area contributed by atoms with Gasteiger partial charge in [-0.3, -0.25) is 9.67 Å². The molecule has 1 aromatic heterocycles. The van der Waals surface area contributed by atoms with Gasteiger partial charge in [-0.15, -0.1) is 24.0 Å². The Hall–Kier alpha value is -1.68. The van der Waals surface area contributed by atoms with Crippen molar-refractivity contribution < 1.29 is 9.13 Å². The van der Waals surface area contributed by atoms with E-state index >= 15 is 0 Å². The third-order valence-corrected chi connectivity index (χ3v) is 6.28. The van der Waals surface area contributed by atoms with Crippen LogP contribution in [0.3, 0.4) is 0 Å². The predicted octanol–water partition coefficient (Wildman–Crippen LogP) is 3.64. The van der Waals surface area contributed by atoms with Crippen LogP contribution in [0.5, 0.6) is 0 Å². The molecule has 2 fully saturated rings. The summed E-state index contributed by atoms with van der Waals surface area (Å²) in [5, 5.41) is 7.88. The molecule has 2 aliphatic rings. The molecule has 1 saturated heterocycles. The molecular weight excluding hydrogens is 496 g/mol. The average Bonchev–Trinajstić information content (AvgIpc) is 3.39. The number of halogens is 2. The van der Waals surface area contributed by atoms with Gasteiger partial charge in [-0.25, -0.2) is 4.39 Å². The lowest BCUT2D eigenvalue weighted by atomic mass is 9.79. The summed E-state index contributed by atoms with van der Waals surface area (Å²) in [4.78, 5) is 6.80. The van der Waals surface area contributed by atoms with Gasteiger partial charge in [0.15, 0.2) is 5.96 Å². The molecule has 8 heteroatoms. The van der Waals surface area contributed by atoms with Crippen LogP contribution in [-0.2, 0) is 17.2 Å². The van der Waals surface area contributed by atoms with E-state index in [4.69, 9.17) is 4.74 Å². The molecule has 0 amide bonds.